The van der Waals surface area contributed by atoms with Crippen molar-refractivity contribution in [1.82, 2.24) is 15.1 Å². The maximum atomic E-state index is 12.1. The number of aryl methyl sites for hydroxylation is 2. The van der Waals surface area contributed by atoms with Crippen LogP contribution in [0.5, 0.6) is 0 Å². The van der Waals surface area contributed by atoms with Crippen LogP contribution in [0.3, 0.4) is 0 Å². The Labute approximate surface area is 158 Å². The first-order valence-corrected chi connectivity index (χ1v) is 8.99. The van der Waals surface area contributed by atoms with Crippen LogP contribution in [-0.2, 0) is 17.8 Å². The second kappa shape index (κ2) is 8.45. The van der Waals surface area contributed by atoms with Crippen LogP contribution in [0, 0.1) is 13.8 Å². The Morgan fingerprint density at radius 2 is 1.74 bits per heavy atom. The molecule has 1 heterocycles. The van der Waals surface area contributed by atoms with Crippen molar-refractivity contribution >= 4 is 5.91 Å². The largest absolute Gasteiger partial charge is 0.354 e. The summed E-state index contributed by atoms with van der Waals surface area (Å²) in [6, 6.07) is 19.0. The quantitative estimate of drug-likeness (QED) is 0.734. The molecule has 0 saturated carbocycles. The lowest BCUT2D eigenvalue weighted by Crippen LogP contribution is -2.32. The molecule has 5 heteroatoms. The van der Waals surface area contributed by atoms with Crippen molar-refractivity contribution in [3.8, 4) is 11.3 Å². The molecule has 3 aromatic rings. The van der Waals surface area contributed by atoms with Crippen molar-refractivity contribution in [2.45, 2.75) is 26.8 Å². The number of carbonyl (C=O) groups is 1. The summed E-state index contributed by atoms with van der Waals surface area (Å²) in [5, 5.41) is 7.28. The van der Waals surface area contributed by atoms with E-state index < -0.39 is 0 Å². The Bertz CT molecular complexity index is 991. The highest BCUT2D eigenvalue weighted by molar-refractivity contribution is 5.78. The maximum Gasteiger partial charge on any atom is 0.266 e. The van der Waals surface area contributed by atoms with Crippen LogP contribution in [0.1, 0.15) is 16.7 Å². The number of carbonyl (C=O) groups excluding carboxylic acids is 1. The van der Waals surface area contributed by atoms with Crippen molar-refractivity contribution in [3.05, 3.63) is 87.7 Å². The van der Waals surface area contributed by atoms with E-state index in [0.29, 0.717) is 19.5 Å². The molecule has 1 amide bonds. The number of benzene rings is 2. The SMILES string of the molecule is Cc1ccc(-c2ccc(=O)n(CCNC(=O)Cc3ccccc3C)n2)cc1. The van der Waals surface area contributed by atoms with E-state index in [1.807, 2.05) is 62.4 Å². The maximum absolute atomic E-state index is 12.1. The van der Waals surface area contributed by atoms with Crippen molar-refractivity contribution in [2.75, 3.05) is 6.54 Å². The van der Waals surface area contributed by atoms with Crippen LogP contribution in [0.25, 0.3) is 11.3 Å². The molecule has 0 bridgehead atoms. The van der Waals surface area contributed by atoms with Gasteiger partial charge < -0.3 is 5.32 Å². The van der Waals surface area contributed by atoms with Gasteiger partial charge in [0.05, 0.1) is 18.7 Å². The Kier molecular flexibility index (Phi) is 5.81. The van der Waals surface area contributed by atoms with Gasteiger partial charge in [0.1, 0.15) is 0 Å². The van der Waals surface area contributed by atoms with Crippen LogP contribution in [0.2, 0.25) is 0 Å². The summed E-state index contributed by atoms with van der Waals surface area (Å²) in [6.45, 7) is 4.70. The third kappa shape index (κ3) is 4.91. The number of hydrogen-bond donors (Lipinski definition) is 1. The molecule has 138 valence electrons. The van der Waals surface area contributed by atoms with Gasteiger partial charge in [0.2, 0.25) is 5.91 Å². The lowest BCUT2D eigenvalue weighted by atomic mass is 10.1. The average molecular weight is 361 g/mol. The van der Waals surface area contributed by atoms with Crippen molar-refractivity contribution < 1.29 is 4.79 Å². The number of hydrogen-bond acceptors (Lipinski definition) is 3. The van der Waals surface area contributed by atoms with E-state index in [0.717, 1.165) is 22.4 Å². The second-order valence-corrected chi connectivity index (χ2v) is 6.60. The van der Waals surface area contributed by atoms with E-state index in [2.05, 4.69) is 10.4 Å². The monoisotopic (exact) mass is 361 g/mol. The minimum atomic E-state index is -0.181. The third-order valence-electron chi connectivity index (χ3n) is 4.47. The molecule has 0 saturated heterocycles. The van der Waals surface area contributed by atoms with Gasteiger partial charge >= 0.3 is 0 Å². The fraction of sp³-hybridized carbons (Fsp3) is 0.227. The van der Waals surface area contributed by atoms with Crippen molar-refractivity contribution in [1.29, 1.82) is 0 Å². The number of aromatic nitrogens is 2. The summed E-state index contributed by atoms with van der Waals surface area (Å²) in [5.74, 6) is -0.0629. The molecule has 0 unspecified atom stereocenters. The zero-order valence-corrected chi connectivity index (χ0v) is 15.6. The predicted molar refractivity (Wildman–Crippen MR) is 107 cm³/mol. The van der Waals surface area contributed by atoms with Crippen LogP contribution < -0.4 is 10.9 Å². The van der Waals surface area contributed by atoms with E-state index in [1.54, 1.807) is 6.07 Å². The summed E-state index contributed by atoms with van der Waals surface area (Å²) in [5.41, 5.74) is 4.78. The number of nitrogens with zero attached hydrogens (tertiary/aromatic N) is 2. The van der Waals surface area contributed by atoms with Crippen LogP contribution in [0.15, 0.2) is 65.5 Å². The molecule has 0 aliphatic heterocycles. The third-order valence-corrected chi connectivity index (χ3v) is 4.47. The van der Waals surface area contributed by atoms with Crippen molar-refractivity contribution in [2.24, 2.45) is 0 Å². The fourth-order valence-electron chi connectivity index (χ4n) is 2.83. The average Bonchev–Trinajstić information content (AvgIpc) is 2.66. The van der Waals surface area contributed by atoms with Gasteiger partial charge in [-0.3, -0.25) is 9.59 Å². The zero-order valence-electron chi connectivity index (χ0n) is 15.6. The van der Waals surface area contributed by atoms with Crippen molar-refractivity contribution in [3.63, 3.8) is 0 Å². The van der Waals surface area contributed by atoms with E-state index in [9.17, 15) is 9.59 Å². The van der Waals surface area contributed by atoms with E-state index in [-0.39, 0.29) is 11.5 Å². The molecule has 27 heavy (non-hydrogen) atoms. The van der Waals surface area contributed by atoms with Crippen LogP contribution in [-0.4, -0.2) is 22.2 Å². The molecular formula is C22H23N3O2. The van der Waals surface area contributed by atoms with Gasteiger partial charge in [0.25, 0.3) is 5.56 Å². The lowest BCUT2D eigenvalue weighted by Gasteiger charge is -2.09. The highest BCUT2D eigenvalue weighted by Crippen LogP contribution is 2.15. The molecule has 0 atom stereocenters. The molecular weight excluding hydrogens is 338 g/mol. The molecule has 0 aliphatic rings. The molecule has 5 nitrogen and oxygen atoms in total. The van der Waals surface area contributed by atoms with Gasteiger partial charge in [0, 0.05) is 18.2 Å². The summed E-state index contributed by atoms with van der Waals surface area (Å²) in [4.78, 5) is 24.2. The van der Waals surface area contributed by atoms with E-state index >= 15 is 0 Å². The molecule has 1 N–H and O–H groups in total. The number of nitrogens with one attached hydrogen (secondary N) is 1. The highest BCUT2D eigenvalue weighted by Gasteiger charge is 2.07. The molecule has 1 aromatic heterocycles. The molecule has 3 rings (SSSR count). The standard InChI is InChI=1S/C22H23N3O2/c1-16-7-9-18(10-8-16)20-11-12-22(27)25(24-20)14-13-23-21(26)15-19-6-4-3-5-17(19)2/h3-12H,13-15H2,1-2H3,(H,23,26). The Morgan fingerprint density at radius 3 is 2.48 bits per heavy atom. The highest BCUT2D eigenvalue weighted by atomic mass is 16.1. The van der Waals surface area contributed by atoms with Gasteiger partial charge in [-0.2, -0.15) is 5.10 Å². The van der Waals surface area contributed by atoms with Crippen LogP contribution >= 0.6 is 0 Å². The number of rotatable bonds is 6. The van der Waals surface area contributed by atoms with Crippen LogP contribution in [0.4, 0.5) is 0 Å². The molecule has 0 aliphatic carbocycles. The first-order chi connectivity index (χ1) is 13.0. The lowest BCUT2D eigenvalue weighted by molar-refractivity contribution is -0.120. The summed E-state index contributed by atoms with van der Waals surface area (Å²) in [6.07, 6.45) is 0.332. The normalized spacial score (nSPS) is 10.6. The van der Waals surface area contributed by atoms with Gasteiger partial charge in [0.15, 0.2) is 0 Å². The number of amides is 1. The molecule has 0 fully saturated rings. The van der Waals surface area contributed by atoms with Gasteiger partial charge in [-0.1, -0.05) is 54.1 Å². The smallest absolute Gasteiger partial charge is 0.266 e. The van der Waals surface area contributed by atoms with Gasteiger partial charge in [-0.05, 0) is 31.0 Å². The zero-order chi connectivity index (χ0) is 19.2. The molecule has 2 aromatic carbocycles. The minimum Gasteiger partial charge on any atom is -0.354 e. The predicted octanol–water partition coefficient (Wildman–Crippen LogP) is 2.89. The summed E-state index contributed by atoms with van der Waals surface area (Å²) in [7, 11) is 0. The summed E-state index contributed by atoms with van der Waals surface area (Å²) < 4.78 is 1.39. The first kappa shape index (κ1) is 18.6. The Balaban J connectivity index is 1.61. The first-order valence-electron chi connectivity index (χ1n) is 8.99. The Hall–Kier alpha value is -3.21. The Morgan fingerprint density at radius 1 is 1.00 bits per heavy atom. The fourth-order valence-corrected chi connectivity index (χ4v) is 2.83. The summed E-state index contributed by atoms with van der Waals surface area (Å²) >= 11 is 0. The topological polar surface area (TPSA) is 64.0 Å². The molecule has 0 radical (unpaired) electrons. The van der Waals surface area contributed by atoms with Gasteiger partial charge in [-0.15, -0.1) is 0 Å². The van der Waals surface area contributed by atoms with E-state index in [4.69, 9.17) is 0 Å². The second-order valence-electron chi connectivity index (χ2n) is 6.60. The van der Waals surface area contributed by atoms with Gasteiger partial charge in [-0.25, -0.2) is 4.68 Å². The minimum absolute atomic E-state index is 0.0629. The van der Waals surface area contributed by atoms with E-state index in [1.165, 1.54) is 16.3 Å². The molecule has 0 spiro atoms.